The maximum atomic E-state index is 12.7. The van der Waals surface area contributed by atoms with Gasteiger partial charge in [-0.05, 0) is 12.8 Å². The third-order valence-corrected chi connectivity index (χ3v) is 5.10. The number of amides is 1. The number of ketones is 1. The van der Waals surface area contributed by atoms with Gasteiger partial charge < -0.3 is 9.80 Å². The van der Waals surface area contributed by atoms with E-state index in [1.807, 2.05) is 11.0 Å². The van der Waals surface area contributed by atoms with Gasteiger partial charge in [0.25, 0.3) is 0 Å². The molecule has 136 valence electrons. The summed E-state index contributed by atoms with van der Waals surface area (Å²) in [4.78, 5) is 40.6. The lowest BCUT2D eigenvalue weighted by atomic mass is 9.87. The largest absolute Gasteiger partial charge is 0.353 e. The minimum atomic E-state index is 0.0113. The van der Waals surface area contributed by atoms with Crippen molar-refractivity contribution in [3.05, 3.63) is 25.0 Å². The van der Waals surface area contributed by atoms with Crippen molar-refractivity contribution in [1.82, 2.24) is 29.6 Å². The number of anilines is 1. The number of carbonyl (C=O) groups excluding carboxylic acids is 2. The van der Waals surface area contributed by atoms with Crippen LogP contribution in [0.2, 0.25) is 0 Å². The van der Waals surface area contributed by atoms with Gasteiger partial charge in [0.1, 0.15) is 30.6 Å². The van der Waals surface area contributed by atoms with Crippen LogP contribution in [0.3, 0.4) is 0 Å². The number of nitrogens with zero attached hydrogens (tertiary/aromatic N) is 7. The lowest BCUT2D eigenvalue weighted by Gasteiger charge is -2.37. The average Bonchev–Trinajstić information content (AvgIpc) is 3.23. The third-order valence-electron chi connectivity index (χ3n) is 5.10. The molecule has 1 amide bonds. The van der Waals surface area contributed by atoms with Gasteiger partial charge in [0, 0.05) is 51.0 Å². The Kier molecular flexibility index (Phi) is 4.59. The summed E-state index contributed by atoms with van der Waals surface area (Å²) in [5.41, 5.74) is 0. The summed E-state index contributed by atoms with van der Waals surface area (Å²) in [7, 11) is 0. The zero-order valence-electron chi connectivity index (χ0n) is 14.5. The maximum absolute atomic E-state index is 12.7. The summed E-state index contributed by atoms with van der Waals surface area (Å²) in [6.45, 7) is 2.80. The summed E-state index contributed by atoms with van der Waals surface area (Å²) in [6, 6.07) is 1.87. The van der Waals surface area contributed by atoms with Gasteiger partial charge in [-0.25, -0.2) is 19.6 Å². The van der Waals surface area contributed by atoms with Crippen LogP contribution in [0.4, 0.5) is 5.82 Å². The van der Waals surface area contributed by atoms with Gasteiger partial charge in [0.05, 0.1) is 0 Å². The first kappa shape index (κ1) is 16.6. The minimum absolute atomic E-state index is 0.0113. The van der Waals surface area contributed by atoms with Crippen LogP contribution in [0.15, 0.2) is 25.0 Å². The molecule has 1 saturated heterocycles. The molecule has 3 heterocycles. The molecule has 2 fully saturated rings. The fourth-order valence-electron chi connectivity index (χ4n) is 3.56. The molecule has 2 aromatic heterocycles. The van der Waals surface area contributed by atoms with E-state index >= 15 is 0 Å². The van der Waals surface area contributed by atoms with Crippen LogP contribution in [0.5, 0.6) is 0 Å². The molecule has 0 unspecified atom stereocenters. The highest BCUT2D eigenvalue weighted by Gasteiger charge is 2.30. The van der Waals surface area contributed by atoms with Crippen LogP contribution in [0.25, 0.3) is 5.82 Å². The predicted octanol–water partition coefficient (Wildman–Crippen LogP) is 0.465. The second-order valence-corrected chi connectivity index (χ2v) is 6.70. The Hall–Kier alpha value is -2.84. The monoisotopic (exact) mass is 355 g/mol. The van der Waals surface area contributed by atoms with E-state index in [1.165, 1.54) is 12.7 Å². The standard InChI is InChI=1S/C17H21N7O2/c25-14-3-1-13(2-4-14)17(26)23-7-5-22(6-8-23)15-9-16(20-11-19-15)24-12-18-10-21-24/h9-13H,1-8H2. The Morgan fingerprint density at radius 2 is 1.73 bits per heavy atom. The van der Waals surface area contributed by atoms with Crippen LogP contribution in [-0.4, -0.2) is 67.5 Å². The van der Waals surface area contributed by atoms with Crippen LogP contribution in [-0.2, 0) is 9.59 Å². The highest BCUT2D eigenvalue weighted by Crippen LogP contribution is 2.24. The van der Waals surface area contributed by atoms with E-state index < -0.39 is 0 Å². The van der Waals surface area contributed by atoms with Crippen LogP contribution >= 0.6 is 0 Å². The Morgan fingerprint density at radius 3 is 2.42 bits per heavy atom. The molecule has 0 bridgehead atoms. The van der Waals surface area contributed by atoms with Crippen LogP contribution in [0.1, 0.15) is 25.7 Å². The molecule has 9 heteroatoms. The first-order valence-corrected chi connectivity index (χ1v) is 8.93. The highest BCUT2D eigenvalue weighted by molar-refractivity contribution is 5.84. The number of piperazine rings is 1. The van der Waals surface area contributed by atoms with Gasteiger partial charge in [-0.3, -0.25) is 9.59 Å². The normalized spacial score (nSPS) is 19.0. The molecule has 9 nitrogen and oxygen atoms in total. The predicted molar refractivity (Wildman–Crippen MR) is 92.7 cm³/mol. The summed E-state index contributed by atoms with van der Waals surface area (Å²) >= 11 is 0. The van der Waals surface area contributed by atoms with Crippen molar-refractivity contribution in [1.29, 1.82) is 0 Å². The molecule has 0 spiro atoms. The molecule has 1 aliphatic heterocycles. The zero-order chi connectivity index (χ0) is 17.9. The third kappa shape index (κ3) is 3.42. The number of carbonyl (C=O) groups is 2. The van der Waals surface area contributed by atoms with Gasteiger partial charge in [0.2, 0.25) is 5.91 Å². The van der Waals surface area contributed by atoms with E-state index in [2.05, 4.69) is 25.0 Å². The number of hydrogen-bond donors (Lipinski definition) is 0. The van der Waals surface area contributed by atoms with E-state index in [0.717, 1.165) is 18.9 Å². The topological polar surface area (TPSA) is 97.1 Å². The number of Topliss-reactive ketones (excluding diaryl/α,β-unsaturated/α-hetero) is 1. The molecular weight excluding hydrogens is 334 g/mol. The van der Waals surface area contributed by atoms with Crippen LogP contribution in [0, 0.1) is 5.92 Å². The second-order valence-electron chi connectivity index (χ2n) is 6.70. The maximum Gasteiger partial charge on any atom is 0.225 e. The van der Waals surface area contributed by atoms with Crippen molar-refractivity contribution < 1.29 is 9.59 Å². The Morgan fingerprint density at radius 1 is 1.00 bits per heavy atom. The number of aromatic nitrogens is 5. The number of rotatable bonds is 3. The summed E-state index contributed by atoms with van der Waals surface area (Å²) < 4.78 is 1.59. The van der Waals surface area contributed by atoms with E-state index in [4.69, 9.17) is 0 Å². The van der Waals surface area contributed by atoms with Crippen molar-refractivity contribution in [2.24, 2.45) is 5.92 Å². The van der Waals surface area contributed by atoms with Gasteiger partial charge in [-0.1, -0.05) is 0 Å². The molecule has 26 heavy (non-hydrogen) atoms. The molecule has 0 radical (unpaired) electrons. The minimum Gasteiger partial charge on any atom is -0.353 e. The number of hydrogen-bond acceptors (Lipinski definition) is 7. The smallest absolute Gasteiger partial charge is 0.225 e. The fourth-order valence-corrected chi connectivity index (χ4v) is 3.56. The molecule has 4 rings (SSSR count). The van der Waals surface area contributed by atoms with Gasteiger partial charge >= 0.3 is 0 Å². The fraction of sp³-hybridized carbons (Fsp3) is 0.529. The molecule has 0 aromatic carbocycles. The summed E-state index contributed by atoms with van der Waals surface area (Å²) in [5.74, 6) is 1.98. The summed E-state index contributed by atoms with van der Waals surface area (Å²) in [6.07, 6.45) is 7.06. The van der Waals surface area contributed by atoms with Crippen molar-refractivity contribution in [2.75, 3.05) is 31.1 Å². The van der Waals surface area contributed by atoms with Crippen molar-refractivity contribution >= 4 is 17.5 Å². The van der Waals surface area contributed by atoms with E-state index in [0.29, 0.717) is 44.6 Å². The van der Waals surface area contributed by atoms with Gasteiger partial charge in [-0.2, -0.15) is 5.10 Å². The molecule has 2 aromatic rings. The molecule has 1 aliphatic carbocycles. The highest BCUT2D eigenvalue weighted by atomic mass is 16.2. The molecule has 1 saturated carbocycles. The molecule has 0 atom stereocenters. The first-order chi connectivity index (χ1) is 12.7. The van der Waals surface area contributed by atoms with Crippen molar-refractivity contribution in [3.63, 3.8) is 0 Å². The first-order valence-electron chi connectivity index (χ1n) is 8.93. The molecule has 0 N–H and O–H groups in total. The quantitative estimate of drug-likeness (QED) is 0.789. The molecule has 2 aliphatic rings. The zero-order valence-corrected chi connectivity index (χ0v) is 14.5. The second kappa shape index (κ2) is 7.19. The van der Waals surface area contributed by atoms with E-state index in [-0.39, 0.29) is 17.6 Å². The Balaban J connectivity index is 1.37. The van der Waals surface area contributed by atoms with Gasteiger partial charge in [-0.15, -0.1) is 0 Å². The Labute approximate surface area is 151 Å². The van der Waals surface area contributed by atoms with Crippen LogP contribution < -0.4 is 4.90 Å². The SMILES string of the molecule is O=C1CCC(C(=O)N2CCN(c3cc(-n4cncn4)ncn3)CC2)CC1. The van der Waals surface area contributed by atoms with E-state index in [9.17, 15) is 9.59 Å². The van der Waals surface area contributed by atoms with E-state index in [1.54, 1.807) is 11.0 Å². The molecular formula is C17H21N7O2. The lowest BCUT2D eigenvalue weighted by Crippen LogP contribution is -2.51. The Bertz CT molecular complexity index is 774. The lowest BCUT2D eigenvalue weighted by molar-refractivity contribution is -0.137. The van der Waals surface area contributed by atoms with Crippen molar-refractivity contribution in [2.45, 2.75) is 25.7 Å². The summed E-state index contributed by atoms with van der Waals surface area (Å²) in [5, 5.41) is 4.08. The van der Waals surface area contributed by atoms with Gasteiger partial charge in [0.15, 0.2) is 5.82 Å². The average molecular weight is 355 g/mol. The van der Waals surface area contributed by atoms with Crippen molar-refractivity contribution in [3.8, 4) is 5.82 Å².